The largest absolute Gasteiger partial charge is 0.383 e. The summed E-state index contributed by atoms with van der Waals surface area (Å²) >= 11 is 1.60. The van der Waals surface area contributed by atoms with E-state index in [1.165, 1.54) is 15.6 Å². The van der Waals surface area contributed by atoms with Crippen molar-refractivity contribution in [3.8, 4) is 0 Å². The van der Waals surface area contributed by atoms with E-state index in [4.69, 9.17) is 4.74 Å². The molecule has 1 aliphatic heterocycles. The van der Waals surface area contributed by atoms with Gasteiger partial charge in [0.15, 0.2) is 0 Å². The summed E-state index contributed by atoms with van der Waals surface area (Å²) in [6, 6.07) is 8.30. The molecule has 0 unspecified atom stereocenters. The molecular formula is C16H20N2O2S. The molecule has 112 valence electrons. The zero-order valence-electron chi connectivity index (χ0n) is 12.1. The van der Waals surface area contributed by atoms with Crippen molar-refractivity contribution in [1.82, 2.24) is 10.6 Å². The molecule has 0 spiro atoms. The monoisotopic (exact) mass is 304 g/mol. The summed E-state index contributed by atoms with van der Waals surface area (Å²) in [4.78, 5) is 13.4. The first-order valence-electron chi connectivity index (χ1n) is 7.30. The highest BCUT2D eigenvalue weighted by Crippen LogP contribution is 2.38. The molecule has 1 aromatic heterocycles. The van der Waals surface area contributed by atoms with Gasteiger partial charge in [-0.15, -0.1) is 11.3 Å². The van der Waals surface area contributed by atoms with Gasteiger partial charge in [-0.2, -0.15) is 0 Å². The van der Waals surface area contributed by atoms with Crippen LogP contribution >= 0.6 is 11.3 Å². The molecule has 1 aromatic carbocycles. The molecule has 2 aromatic rings. The summed E-state index contributed by atoms with van der Waals surface area (Å²) in [5, 5.41) is 7.58. The number of methoxy groups -OCH3 is 1. The second kappa shape index (κ2) is 6.56. The highest BCUT2D eigenvalue weighted by molar-refractivity contribution is 7.21. The predicted octanol–water partition coefficient (Wildman–Crippen LogP) is 2.35. The van der Waals surface area contributed by atoms with Crippen LogP contribution in [0.15, 0.2) is 24.3 Å². The lowest BCUT2D eigenvalue weighted by atomic mass is 9.95. The number of amides is 1. The highest BCUT2D eigenvalue weighted by atomic mass is 32.1. The van der Waals surface area contributed by atoms with Crippen LogP contribution in [0.5, 0.6) is 0 Å². The molecule has 1 fully saturated rings. The van der Waals surface area contributed by atoms with Crippen LogP contribution in [0.3, 0.4) is 0 Å². The first kappa shape index (κ1) is 14.5. The molecule has 1 saturated heterocycles. The summed E-state index contributed by atoms with van der Waals surface area (Å²) in [6.07, 6.45) is 1.10. The molecule has 1 amide bonds. The van der Waals surface area contributed by atoms with Gasteiger partial charge in [-0.1, -0.05) is 18.2 Å². The minimum atomic E-state index is 0.0233. The Kier molecular flexibility index (Phi) is 4.53. The Labute approximate surface area is 128 Å². The van der Waals surface area contributed by atoms with Gasteiger partial charge in [-0.3, -0.25) is 4.79 Å². The molecule has 0 saturated carbocycles. The lowest BCUT2D eigenvalue weighted by Gasteiger charge is -2.11. The maximum atomic E-state index is 12.5. The second-order valence-corrected chi connectivity index (χ2v) is 6.33. The van der Waals surface area contributed by atoms with E-state index in [1.807, 2.05) is 12.1 Å². The molecular weight excluding hydrogens is 284 g/mol. The molecule has 21 heavy (non-hydrogen) atoms. The van der Waals surface area contributed by atoms with Crippen molar-refractivity contribution >= 4 is 27.3 Å². The van der Waals surface area contributed by atoms with Crippen molar-refractivity contribution < 1.29 is 9.53 Å². The van der Waals surface area contributed by atoms with E-state index in [0.29, 0.717) is 19.1 Å². The Morgan fingerprint density at radius 3 is 3.10 bits per heavy atom. The molecule has 5 heteroatoms. The number of rotatable bonds is 5. The van der Waals surface area contributed by atoms with E-state index < -0.39 is 0 Å². The van der Waals surface area contributed by atoms with Gasteiger partial charge in [0, 0.05) is 24.9 Å². The van der Waals surface area contributed by atoms with Crippen LogP contribution in [0.1, 0.15) is 27.6 Å². The Balaban J connectivity index is 1.96. The summed E-state index contributed by atoms with van der Waals surface area (Å²) in [6.45, 7) is 3.07. The lowest BCUT2D eigenvalue weighted by Crippen LogP contribution is -2.27. The third kappa shape index (κ3) is 2.95. The molecule has 0 radical (unpaired) electrons. The third-order valence-electron chi connectivity index (χ3n) is 3.90. The Bertz CT molecular complexity index is 632. The minimum absolute atomic E-state index is 0.0233. The molecule has 4 nitrogen and oxygen atoms in total. The minimum Gasteiger partial charge on any atom is -0.383 e. The average molecular weight is 304 g/mol. The maximum absolute atomic E-state index is 12.5. The molecule has 0 bridgehead atoms. The average Bonchev–Trinajstić information content (AvgIpc) is 3.14. The zero-order valence-corrected chi connectivity index (χ0v) is 13.0. The first-order valence-corrected chi connectivity index (χ1v) is 8.12. The van der Waals surface area contributed by atoms with Crippen LogP contribution in [0, 0.1) is 0 Å². The van der Waals surface area contributed by atoms with Gasteiger partial charge >= 0.3 is 0 Å². The summed E-state index contributed by atoms with van der Waals surface area (Å²) in [5.74, 6) is 0.458. The van der Waals surface area contributed by atoms with Crippen molar-refractivity contribution in [3.05, 3.63) is 34.7 Å². The van der Waals surface area contributed by atoms with Gasteiger partial charge < -0.3 is 15.4 Å². The van der Waals surface area contributed by atoms with Gasteiger partial charge in [-0.25, -0.2) is 0 Å². The molecule has 2 N–H and O–H groups in total. The van der Waals surface area contributed by atoms with Gasteiger partial charge in [0.2, 0.25) is 0 Å². The number of ether oxygens (including phenoxy) is 1. The smallest absolute Gasteiger partial charge is 0.261 e. The van der Waals surface area contributed by atoms with Crippen LogP contribution in [0.4, 0.5) is 0 Å². The van der Waals surface area contributed by atoms with E-state index >= 15 is 0 Å². The van der Waals surface area contributed by atoms with Crippen molar-refractivity contribution in [2.75, 3.05) is 33.4 Å². The van der Waals surface area contributed by atoms with Gasteiger partial charge in [0.1, 0.15) is 0 Å². The van der Waals surface area contributed by atoms with E-state index in [-0.39, 0.29) is 5.91 Å². The molecule has 1 atom stereocenters. The normalized spacial score (nSPS) is 18.2. The number of fused-ring (bicyclic) bond motifs is 1. The number of nitrogens with one attached hydrogen (secondary N) is 2. The molecule has 1 aliphatic rings. The Morgan fingerprint density at radius 2 is 2.33 bits per heavy atom. The number of hydrogen-bond donors (Lipinski definition) is 2. The van der Waals surface area contributed by atoms with Crippen LogP contribution in [-0.2, 0) is 4.74 Å². The predicted molar refractivity (Wildman–Crippen MR) is 86.3 cm³/mol. The fourth-order valence-electron chi connectivity index (χ4n) is 2.89. The van der Waals surface area contributed by atoms with E-state index in [1.54, 1.807) is 18.4 Å². The number of carbonyl (C=O) groups is 1. The van der Waals surface area contributed by atoms with E-state index in [9.17, 15) is 4.79 Å². The Morgan fingerprint density at radius 1 is 1.48 bits per heavy atom. The standard InChI is InChI=1S/C16H20N2O2S/c1-20-9-8-18-16(19)15-14(11-6-7-17-10-11)12-4-2-3-5-13(12)21-15/h2-5,11,17H,6-10H2,1H3,(H,18,19)/t11-/m1/s1. The van der Waals surface area contributed by atoms with Crippen molar-refractivity contribution in [2.24, 2.45) is 0 Å². The summed E-state index contributed by atoms with van der Waals surface area (Å²) in [5.41, 5.74) is 1.22. The van der Waals surface area contributed by atoms with E-state index in [0.717, 1.165) is 24.4 Å². The fourth-order valence-corrected chi connectivity index (χ4v) is 4.09. The highest BCUT2D eigenvalue weighted by Gasteiger charge is 2.26. The van der Waals surface area contributed by atoms with Gasteiger partial charge in [0.25, 0.3) is 5.91 Å². The van der Waals surface area contributed by atoms with Gasteiger partial charge in [0.05, 0.1) is 11.5 Å². The van der Waals surface area contributed by atoms with E-state index in [2.05, 4.69) is 22.8 Å². The quantitative estimate of drug-likeness (QED) is 0.834. The van der Waals surface area contributed by atoms with Crippen LogP contribution in [-0.4, -0.2) is 39.3 Å². The molecule has 2 heterocycles. The molecule has 0 aliphatic carbocycles. The summed E-state index contributed by atoms with van der Waals surface area (Å²) < 4.78 is 6.19. The SMILES string of the molecule is COCCNC(=O)c1sc2ccccc2c1[C@@H]1CCNC1. The fraction of sp³-hybridized carbons (Fsp3) is 0.438. The number of carbonyl (C=O) groups excluding carboxylic acids is 1. The third-order valence-corrected chi connectivity index (χ3v) is 5.09. The number of thiophene rings is 1. The summed E-state index contributed by atoms with van der Waals surface area (Å²) in [7, 11) is 1.64. The first-order chi connectivity index (χ1) is 10.3. The van der Waals surface area contributed by atoms with Crippen LogP contribution < -0.4 is 10.6 Å². The van der Waals surface area contributed by atoms with Crippen LogP contribution in [0.25, 0.3) is 10.1 Å². The molecule has 3 rings (SSSR count). The Hall–Kier alpha value is -1.43. The van der Waals surface area contributed by atoms with Crippen molar-refractivity contribution in [3.63, 3.8) is 0 Å². The van der Waals surface area contributed by atoms with Crippen molar-refractivity contribution in [2.45, 2.75) is 12.3 Å². The number of benzene rings is 1. The van der Waals surface area contributed by atoms with Crippen LogP contribution in [0.2, 0.25) is 0 Å². The number of hydrogen-bond acceptors (Lipinski definition) is 4. The topological polar surface area (TPSA) is 50.4 Å². The lowest BCUT2D eigenvalue weighted by molar-refractivity contribution is 0.0940. The van der Waals surface area contributed by atoms with Gasteiger partial charge in [-0.05, 0) is 35.9 Å². The van der Waals surface area contributed by atoms with Crippen molar-refractivity contribution in [1.29, 1.82) is 0 Å². The maximum Gasteiger partial charge on any atom is 0.261 e. The second-order valence-electron chi connectivity index (χ2n) is 5.28. The zero-order chi connectivity index (χ0) is 14.7.